The molecule has 0 aliphatic heterocycles. The van der Waals surface area contributed by atoms with Gasteiger partial charge in [0.2, 0.25) is 0 Å². The van der Waals surface area contributed by atoms with Gasteiger partial charge < -0.3 is 5.73 Å². The Morgan fingerprint density at radius 3 is 2.85 bits per heavy atom. The van der Waals surface area contributed by atoms with Crippen LogP contribution >= 0.6 is 22.9 Å². The van der Waals surface area contributed by atoms with Crippen molar-refractivity contribution in [1.29, 1.82) is 0 Å². The molecule has 1 aromatic heterocycles. The molecule has 2 rings (SSSR count). The highest BCUT2D eigenvalue weighted by Crippen LogP contribution is 2.31. The van der Waals surface area contributed by atoms with E-state index in [0.29, 0.717) is 6.04 Å². The Morgan fingerprint density at radius 2 is 2.31 bits per heavy atom. The fraction of sp³-hybridized carbons (Fsp3) is 0.600. The smallest absolute Gasteiger partial charge is 0.0931 e. The third kappa shape index (κ3) is 2.46. The summed E-state index contributed by atoms with van der Waals surface area (Å²) in [6.07, 6.45) is 4.85. The highest BCUT2D eigenvalue weighted by molar-refractivity contribution is 7.16. The molecule has 0 bridgehead atoms. The first-order valence-corrected chi connectivity index (χ1v) is 5.93. The zero-order valence-corrected chi connectivity index (χ0v) is 9.07. The summed E-state index contributed by atoms with van der Waals surface area (Å²) in [4.78, 5) is 1.41. The van der Waals surface area contributed by atoms with Gasteiger partial charge in [0, 0.05) is 10.9 Å². The van der Waals surface area contributed by atoms with E-state index in [1.54, 1.807) is 11.3 Å². The molecule has 2 unspecified atom stereocenters. The number of hydrogen-bond acceptors (Lipinski definition) is 2. The van der Waals surface area contributed by atoms with Gasteiger partial charge in [0.1, 0.15) is 0 Å². The number of nitrogens with two attached hydrogens (primary N) is 1. The van der Waals surface area contributed by atoms with Gasteiger partial charge in [-0.05, 0) is 43.7 Å². The maximum Gasteiger partial charge on any atom is 0.0931 e. The van der Waals surface area contributed by atoms with E-state index in [-0.39, 0.29) is 0 Å². The molecule has 1 fully saturated rings. The first-order chi connectivity index (χ1) is 6.24. The van der Waals surface area contributed by atoms with E-state index in [2.05, 4.69) is 6.07 Å². The van der Waals surface area contributed by atoms with E-state index in [1.165, 1.54) is 30.6 Å². The van der Waals surface area contributed by atoms with E-state index in [9.17, 15) is 0 Å². The van der Waals surface area contributed by atoms with Crippen LogP contribution in [0.1, 0.15) is 24.1 Å². The van der Waals surface area contributed by atoms with Crippen molar-refractivity contribution in [2.24, 2.45) is 11.7 Å². The molecule has 2 atom stereocenters. The molecule has 72 valence electrons. The maximum atomic E-state index is 5.87. The number of hydrogen-bond donors (Lipinski definition) is 1. The van der Waals surface area contributed by atoms with Crippen LogP contribution in [0.25, 0.3) is 0 Å². The Kier molecular flexibility index (Phi) is 2.92. The molecule has 1 aromatic rings. The van der Waals surface area contributed by atoms with Crippen LogP contribution in [0.4, 0.5) is 0 Å². The average molecular weight is 216 g/mol. The molecule has 0 radical (unpaired) electrons. The highest BCUT2D eigenvalue weighted by atomic mass is 35.5. The van der Waals surface area contributed by atoms with E-state index < -0.39 is 0 Å². The van der Waals surface area contributed by atoms with Crippen LogP contribution in [-0.2, 0) is 6.42 Å². The zero-order valence-electron chi connectivity index (χ0n) is 7.50. The van der Waals surface area contributed by atoms with E-state index in [1.807, 2.05) is 6.07 Å². The molecule has 1 aliphatic carbocycles. The van der Waals surface area contributed by atoms with Crippen molar-refractivity contribution < 1.29 is 0 Å². The van der Waals surface area contributed by atoms with E-state index in [4.69, 9.17) is 17.3 Å². The minimum atomic E-state index is 0.445. The lowest BCUT2D eigenvalue weighted by molar-refractivity contribution is 0.539. The van der Waals surface area contributed by atoms with Crippen LogP contribution in [0.2, 0.25) is 4.34 Å². The Hall–Kier alpha value is -0.0500. The third-order valence-electron chi connectivity index (χ3n) is 2.70. The fourth-order valence-electron chi connectivity index (χ4n) is 2.04. The van der Waals surface area contributed by atoms with Crippen molar-refractivity contribution in [2.45, 2.75) is 31.7 Å². The van der Waals surface area contributed by atoms with Crippen molar-refractivity contribution in [2.75, 3.05) is 0 Å². The second-order valence-corrected chi connectivity index (χ2v) is 5.65. The molecule has 0 aromatic carbocycles. The monoisotopic (exact) mass is 215 g/mol. The molecule has 1 aliphatic rings. The van der Waals surface area contributed by atoms with Crippen molar-refractivity contribution in [3.63, 3.8) is 0 Å². The minimum Gasteiger partial charge on any atom is -0.328 e. The lowest BCUT2D eigenvalue weighted by Gasteiger charge is -2.06. The number of thiophene rings is 1. The summed E-state index contributed by atoms with van der Waals surface area (Å²) in [5, 5.41) is 0. The van der Waals surface area contributed by atoms with Crippen LogP contribution in [0.5, 0.6) is 0 Å². The largest absolute Gasteiger partial charge is 0.328 e. The number of rotatable bonds is 2. The van der Waals surface area contributed by atoms with Crippen LogP contribution in [0.15, 0.2) is 12.1 Å². The van der Waals surface area contributed by atoms with Gasteiger partial charge in [0.05, 0.1) is 4.34 Å². The molecule has 0 saturated heterocycles. The van der Waals surface area contributed by atoms with Gasteiger partial charge in [0.15, 0.2) is 0 Å². The SMILES string of the molecule is NC1CCC(Cc2ccc(Cl)s2)C1. The van der Waals surface area contributed by atoms with Gasteiger partial charge in [-0.3, -0.25) is 0 Å². The molecular formula is C10H14ClNS. The van der Waals surface area contributed by atoms with Crippen LogP contribution < -0.4 is 5.73 Å². The van der Waals surface area contributed by atoms with Crippen molar-refractivity contribution in [3.8, 4) is 0 Å². The topological polar surface area (TPSA) is 26.0 Å². The summed E-state index contributed by atoms with van der Waals surface area (Å²) < 4.78 is 0.900. The summed E-state index contributed by atoms with van der Waals surface area (Å²) in [5.74, 6) is 0.796. The molecule has 13 heavy (non-hydrogen) atoms. The summed E-state index contributed by atoms with van der Waals surface area (Å²) in [6.45, 7) is 0. The second kappa shape index (κ2) is 3.99. The first-order valence-electron chi connectivity index (χ1n) is 4.74. The van der Waals surface area contributed by atoms with E-state index in [0.717, 1.165) is 10.3 Å². The standard InChI is InChI=1S/C10H14ClNS/c11-10-4-3-9(13-10)6-7-1-2-8(12)5-7/h3-4,7-8H,1-2,5-6,12H2. The Balaban J connectivity index is 1.91. The third-order valence-corrected chi connectivity index (χ3v) is 3.95. The normalized spacial score (nSPS) is 28.2. The molecule has 2 N–H and O–H groups in total. The Labute approximate surface area is 87.9 Å². The van der Waals surface area contributed by atoms with Crippen LogP contribution in [0, 0.1) is 5.92 Å². The molecule has 1 heterocycles. The summed E-state index contributed by atoms with van der Waals surface area (Å²) >= 11 is 7.57. The van der Waals surface area contributed by atoms with Crippen LogP contribution in [0.3, 0.4) is 0 Å². The molecule has 0 spiro atoms. The van der Waals surface area contributed by atoms with Gasteiger partial charge in [-0.1, -0.05) is 11.6 Å². The van der Waals surface area contributed by atoms with E-state index >= 15 is 0 Å². The van der Waals surface area contributed by atoms with Gasteiger partial charge in [-0.2, -0.15) is 0 Å². The first kappa shape index (κ1) is 9.50. The maximum absolute atomic E-state index is 5.87. The Bertz CT molecular complexity index is 284. The summed E-state index contributed by atoms with van der Waals surface area (Å²) in [7, 11) is 0. The lowest BCUT2D eigenvalue weighted by atomic mass is 10.0. The predicted octanol–water partition coefficient (Wildman–Crippen LogP) is 3.07. The van der Waals surface area contributed by atoms with Gasteiger partial charge in [-0.15, -0.1) is 11.3 Å². The van der Waals surface area contributed by atoms with Gasteiger partial charge >= 0.3 is 0 Å². The van der Waals surface area contributed by atoms with Gasteiger partial charge in [-0.25, -0.2) is 0 Å². The fourth-order valence-corrected chi connectivity index (χ4v) is 3.25. The zero-order chi connectivity index (χ0) is 9.26. The lowest BCUT2D eigenvalue weighted by Crippen LogP contribution is -2.15. The predicted molar refractivity (Wildman–Crippen MR) is 58.3 cm³/mol. The summed E-state index contributed by atoms with van der Waals surface area (Å²) in [5.41, 5.74) is 5.86. The van der Waals surface area contributed by atoms with Crippen molar-refractivity contribution in [1.82, 2.24) is 0 Å². The second-order valence-electron chi connectivity index (χ2n) is 3.85. The summed E-state index contributed by atoms with van der Waals surface area (Å²) in [6, 6.07) is 4.56. The van der Waals surface area contributed by atoms with Crippen molar-refractivity contribution >= 4 is 22.9 Å². The molecule has 0 amide bonds. The average Bonchev–Trinajstić information content (AvgIpc) is 2.62. The molecule has 1 saturated carbocycles. The number of halogens is 1. The van der Waals surface area contributed by atoms with Crippen LogP contribution in [-0.4, -0.2) is 6.04 Å². The Morgan fingerprint density at radius 1 is 1.46 bits per heavy atom. The highest BCUT2D eigenvalue weighted by Gasteiger charge is 2.22. The molecular weight excluding hydrogens is 202 g/mol. The molecule has 1 nitrogen and oxygen atoms in total. The van der Waals surface area contributed by atoms with Gasteiger partial charge in [0.25, 0.3) is 0 Å². The molecule has 3 heteroatoms. The minimum absolute atomic E-state index is 0.445. The quantitative estimate of drug-likeness (QED) is 0.807. The van der Waals surface area contributed by atoms with Crippen molar-refractivity contribution in [3.05, 3.63) is 21.3 Å².